The summed E-state index contributed by atoms with van der Waals surface area (Å²) in [5.41, 5.74) is 3.63. The summed E-state index contributed by atoms with van der Waals surface area (Å²) in [5.74, 6) is 2.37. The number of aryl methyl sites for hydroxylation is 1. The number of hydrogen-bond acceptors (Lipinski definition) is 2. The fourth-order valence-corrected chi connectivity index (χ4v) is 2.14. The Balaban J connectivity index is 2.32. The second kappa shape index (κ2) is 6.58. The van der Waals surface area contributed by atoms with Crippen LogP contribution in [-0.2, 0) is 6.54 Å². The van der Waals surface area contributed by atoms with Gasteiger partial charge >= 0.3 is 0 Å². The smallest absolute Gasteiger partial charge is 0.131 e. The predicted octanol–water partition coefficient (Wildman–Crippen LogP) is 4.63. The van der Waals surface area contributed by atoms with Crippen molar-refractivity contribution in [3.8, 4) is 11.5 Å². The molecular weight excluding hydrogens is 246 g/mol. The van der Waals surface area contributed by atoms with E-state index in [1.54, 1.807) is 0 Å². The van der Waals surface area contributed by atoms with Crippen molar-refractivity contribution in [1.82, 2.24) is 5.32 Å². The molecule has 0 spiro atoms. The number of hydrogen-bond donors (Lipinski definition) is 1. The normalized spacial score (nSPS) is 10.8. The van der Waals surface area contributed by atoms with Crippen molar-refractivity contribution in [2.24, 2.45) is 0 Å². The van der Waals surface area contributed by atoms with Gasteiger partial charge in [-0.25, -0.2) is 0 Å². The first-order valence-electron chi connectivity index (χ1n) is 7.12. The predicted molar refractivity (Wildman–Crippen MR) is 84.5 cm³/mol. The molecule has 0 unspecified atom stereocenters. The maximum atomic E-state index is 6.14. The monoisotopic (exact) mass is 269 g/mol. The Hall–Kier alpha value is -1.80. The Bertz CT molecular complexity index is 575. The van der Waals surface area contributed by atoms with Crippen LogP contribution in [0.2, 0.25) is 0 Å². The van der Waals surface area contributed by atoms with Gasteiger partial charge in [0, 0.05) is 12.1 Å². The molecule has 0 aliphatic heterocycles. The number of ether oxygens (including phenoxy) is 1. The molecule has 2 nitrogen and oxygen atoms in total. The summed E-state index contributed by atoms with van der Waals surface area (Å²) in [6.07, 6.45) is 0. The molecule has 106 valence electrons. The molecule has 0 saturated heterocycles. The van der Waals surface area contributed by atoms with Gasteiger partial charge in [0.15, 0.2) is 0 Å². The summed E-state index contributed by atoms with van der Waals surface area (Å²) < 4.78 is 6.14. The molecule has 0 heterocycles. The fourth-order valence-electron chi connectivity index (χ4n) is 2.14. The zero-order valence-corrected chi connectivity index (χ0v) is 12.7. The van der Waals surface area contributed by atoms with Crippen molar-refractivity contribution >= 4 is 0 Å². The van der Waals surface area contributed by atoms with Crippen LogP contribution >= 0.6 is 0 Å². The molecule has 1 N–H and O–H groups in total. The highest BCUT2D eigenvalue weighted by Crippen LogP contribution is 2.30. The van der Waals surface area contributed by atoms with Gasteiger partial charge in [0.1, 0.15) is 11.5 Å². The molecule has 2 rings (SSSR count). The third kappa shape index (κ3) is 3.40. The maximum Gasteiger partial charge on any atom is 0.131 e. The summed E-state index contributed by atoms with van der Waals surface area (Å²) in [6.45, 7) is 7.28. The van der Waals surface area contributed by atoms with Crippen molar-refractivity contribution < 1.29 is 4.74 Å². The van der Waals surface area contributed by atoms with E-state index < -0.39 is 0 Å². The van der Waals surface area contributed by atoms with Crippen molar-refractivity contribution in [3.05, 3.63) is 59.2 Å². The molecule has 0 aliphatic carbocycles. The van der Waals surface area contributed by atoms with E-state index in [0.717, 1.165) is 23.6 Å². The van der Waals surface area contributed by atoms with Gasteiger partial charge in [0.2, 0.25) is 0 Å². The van der Waals surface area contributed by atoms with Crippen molar-refractivity contribution in [1.29, 1.82) is 0 Å². The molecule has 0 aromatic heterocycles. The van der Waals surface area contributed by atoms with Gasteiger partial charge in [-0.05, 0) is 43.1 Å². The average molecular weight is 269 g/mol. The van der Waals surface area contributed by atoms with Crippen LogP contribution in [0.3, 0.4) is 0 Å². The summed E-state index contributed by atoms with van der Waals surface area (Å²) in [6, 6.07) is 14.6. The van der Waals surface area contributed by atoms with E-state index in [4.69, 9.17) is 4.74 Å². The molecular formula is C18H23NO. The van der Waals surface area contributed by atoms with E-state index in [2.05, 4.69) is 50.4 Å². The Morgan fingerprint density at radius 2 is 1.80 bits per heavy atom. The average Bonchev–Trinajstić information content (AvgIpc) is 2.43. The van der Waals surface area contributed by atoms with Crippen molar-refractivity contribution in [2.45, 2.75) is 33.2 Å². The number of benzene rings is 2. The second-order valence-electron chi connectivity index (χ2n) is 5.42. The lowest BCUT2D eigenvalue weighted by atomic mass is 10.0. The Labute approximate surface area is 121 Å². The van der Waals surface area contributed by atoms with Crippen molar-refractivity contribution in [3.63, 3.8) is 0 Å². The van der Waals surface area contributed by atoms with Crippen LogP contribution in [0, 0.1) is 6.92 Å². The van der Waals surface area contributed by atoms with Crippen LogP contribution in [-0.4, -0.2) is 7.05 Å². The molecule has 0 fully saturated rings. The zero-order chi connectivity index (χ0) is 14.5. The highest BCUT2D eigenvalue weighted by atomic mass is 16.5. The van der Waals surface area contributed by atoms with Crippen LogP contribution < -0.4 is 10.1 Å². The van der Waals surface area contributed by atoms with E-state index in [0.29, 0.717) is 5.92 Å². The van der Waals surface area contributed by atoms with Gasteiger partial charge in [-0.2, -0.15) is 0 Å². The topological polar surface area (TPSA) is 21.3 Å². The van der Waals surface area contributed by atoms with E-state index in [1.807, 2.05) is 25.2 Å². The van der Waals surface area contributed by atoms with Gasteiger partial charge in [0.25, 0.3) is 0 Å². The molecule has 0 saturated carbocycles. The zero-order valence-electron chi connectivity index (χ0n) is 12.7. The van der Waals surface area contributed by atoms with Crippen LogP contribution in [0.5, 0.6) is 11.5 Å². The largest absolute Gasteiger partial charge is 0.457 e. The SMILES string of the molecule is CNCc1ccccc1Oc1cc(C(C)C)ccc1C. The van der Waals surface area contributed by atoms with Gasteiger partial charge in [0.05, 0.1) is 0 Å². The fraction of sp³-hybridized carbons (Fsp3) is 0.333. The minimum atomic E-state index is 0.505. The van der Waals surface area contributed by atoms with Gasteiger partial charge in [-0.3, -0.25) is 0 Å². The summed E-state index contributed by atoms with van der Waals surface area (Å²) in [7, 11) is 1.95. The molecule has 2 aromatic carbocycles. The molecule has 0 radical (unpaired) electrons. The maximum absolute atomic E-state index is 6.14. The lowest BCUT2D eigenvalue weighted by molar-refractivity contribution is 0.469. The minimum absolute atomic E-state index is 0.505. The van der Waals surface area contributed by atoms with Crippen molar-refractivity contribution in [2.75, 3.05) is 7.05 Å². The molecule has 0 aliphatic rings. The number of para-hydroxylation sites is 1. The first kappa shape index (κ1) is 14.6. The Morgan fingerprint density at radius 1 is 1.05 bits per heavy atom. The third-order valence-corrected chi connectivity index (χ3v) is 3.44. The first-order valence-corrected chi connectivity index (χ1v) is 7.12. The molecule has 20 heavy (non-hydrogen) atoms. The van der Waals surface area contributed by atoms with E-state index in [-0.39, 0.29) is 0 Å². The Morgan fingerprint density at radius 3 is 2.50 bits per heavy atom. The summed E-state index contributed by atoms with van der Waals surface area (Å²) in [5, 5.41) is 3.17. The quantitative estimate of drug-likeness (QED) is 0.854. The van der Waals surface area contributed by atoms with Gasteiger partial charge in [-0.1, -0.05) is 44.2 Å². The van der Waals surface area contributed by atoms with E-state index >= 15 is 0 Å². The highest BCUT2D eigenvalue weighted by Gasteiger charge is 2.08. The minimum Gasteiger partial charge on any atom is -0.457 e. The molecule has 2 heteroatoms. The van der Waals surface area contributed by atoms with Crippen LogP contribution in [0.1, 0.15) is 36.5 Å². The standard InChI is InChI=1S/C18H23NO/c1-13(2)15-10-9-14(3)18(11-15)20-17-8-6-5-7-16(17)12-19-4/h5-11,13,19H,12H2,1-4H3. The summed E-state index contributed by atoms with van der Waals surface area (Å²) >= 11 is 0. The first-order chi connectivity index (χ1) is 9.61. The number of nitrogens with one attached hydrogen (secondary N) is 1. The number of rotatable bonds is 5. The van der Waals surface area contributed by atoms with Crippen LogP contribution in [0.25, 0.3) is 0 Å². The Kier molecular flexibility index (Phi) is 4.80. The van der Waals surface area contributed by atoms with Crippen LogP contribution in [0.15, 0.2) is 42.5 Å². The lowest BCUT2D eigenvalue weighted by Crippen LogP contribution is -2.06. The molecule has 0 atom stereocenters. The molecule has 0 amide bonds. The second-order valence-corrected chi connectivity index (χ2v) is 5.42. The highest BCUT2D eigenvalue weighted by molar-refractivity contribution is 5.43. The molecule has 0 bridgehead atoms. The van der Waals surface area contributed by atoms with E-state index in [1.165, 1.54) is 11.1 Å². The molecule has 2 aromatic rings. The van der Waals surface area contributed by atoms with E-state index in [9.17, 15) is 0 Å². The lowest BCUT2D eigenvalue weighted by Gasteiger charge is -2.15. The van der Waals surface area contributed by atoms with Gasteiger partial charge in [-0.15, -0.1) is 0 Å². The third-order valence-electron chi connectivity index (χ3n) is 3.44. The van der Waals surface area contributed by atoms with Gasteiger partial charge < -0.3 is 10.1 Å². The summed E-state index contributed by atoms with van der Waals surface area (Å²) in [4.78, 5) is 0. The van der Waals surface area contributed by atoms with Crippen LogP contribution in [0.4, 0.5) is 0 Å².